The molecule has 1 aliphatic rings. The Morgan fingerprint density at radius 3 is 2.62 bits per heavy atom. The monoisotopic (exact) mass is 376 g/mol. The standard InChI is InChI=1S/C19H28N4O2S/c1-4-15-7-5-6-12-22(15)14-23-19(26)21(2)18(20-23)13-25-17-10-8-16(24-3)9-11-17/h8-11,15H,4-7,12-14H2,1-3H3/t15-/m0/s1. The van der Waals surface area contributed by atoms with E-state index in [2.05, 4.69) is 11.8 Å². The average Bonchev–Trinajstić information content (AvgIpc) is 2.95. The molecule has 142 valence electrons. The molecule has 2 heterocycles. The van der Waals surface area contributed by atoms with Gasteiger partial charge in [-0.15, -0.1) is 0 Å². The highest BCUT2D eigenvalue weighted by Crippen LogP contribution is 2.21. The molecule has 0 amide bonds. The highest BCUT2D eigenvalue weighted by Gasteiger charge is 2.22. The number of methoxy groups -OCH3 is 1. The molecule has 0 radical (unpaired) electrons. The van der Waals surface area contributed by atoms with Gasteiger partial charge in [-0.3, -0.25) is 4.90 Å². The average molecular weight is 377 g/mol. The Balaban J connectivity index is 1.67. The van der Waals surface area contributed by atoms with E-state index in [1.807, 2.05) is 40.6 Å². The van der Waals surface area contributed by atoms with Crippen molar-refractivity contribution in [3.05, 3.63) is 34.9 Å². The number of ether oxygens (including phenoxy) is 2. The molecule has 0 N–H and O–H groups in total. The van der Waals surface area contributed by atoms with Crippen LogP contribution in [0.2, 0.25) is 0 Å². The quantitative estimate of drug-likeness (QED) is 0.689. The van der Waals surface area contributed by atoms with Crippen LogP contribution in [-0.4, -0.2) is 38.9 Å². The Morgan fingerprint density at radius 2 is 1.92 bits per heavy atom. The lowest BCUT2D eigenvalue weighted by Crippen LogP contribution is -2.40. The maximum Gasteiger partial charge on any atom is 0.198 e. The van der Waals surface area contributed by atoms with Gasteiger partial charge in [-0.2, -0.15) is 5.10 Å². The molecule has 0 spiro atoms. The molecule has 3 rings (SSSR count). The van der Waals surface area contributed by atoms with Crippen LogP contribution in [0.3, 0.4) is 0 Å². The summed E-state index contributed by atoms with van der Waals surface area (Å²) >= 11 is 5.59. The van der Waals surface area contributed by atoms with Crippen molar-refractivity contribution in [2.45, 2.75) is 51.9 Å². The summed E-state index contributed by atoms with van der Waals surface area (Å²) in [4.78, 5) is 2.50. The van der Waals surface area contributed by atoms with Gasteiger partial charge in [0.15, 0.2) is 10.6 Å². The predicted molar refractivity (Wildman–Crippen MR) is 104 cm³/mol. The van der Waals surface area contributed by atoms with Crippen LogP contribution in [0.4, 0.5) is 0 Å². The summed E-state index contributed by atoms with van der Waals surface area (Å²) in [5.74, 6) is 2.43. The lowest BCUT2D eigenvalue weighted by Gasteiger charge is -2.34. The van der Waals surface area contributed by atoms with E-state index >= 15 is 0 Å². The molecule has 1 atom stereocenters. The molecule has 7 heteroatoms. The molecule has 1 fully saturated rings. The molecule has 0 saturated carbocycles. The molecule has 0 bridgehead atoms. The Hall–Kier alpha value is -1.86. The van der Waals surface area contributed by atoms with E-state index in [-0.39, 0.29) is 0 Å². The van der Waals surface area contributed by atoms with Gasteiger partial charge in [-0.25, -0.2) is 4.68 Å². The maximum atomic E-state index is 5.86. The van der Waals surface area contributed by atoms with Crippen molar-refractivity contribution in [2.75, 3.05) is 13.7 Å². The zero-order valence-corrected chi connectivity index (χ0v) is 16.7. The van der Waals surface area contributed by atoms with Crippen molar-refractivity contribution < 1.29 is 9.47 Å². The van der Waals surface area contributed by atoms with E-state index in [1.165, 1.54) is 25.7 Å². The molecule has 6 nitrogen and oxygen atoms in total. The second-order valence-corrected chi connectivity index (χ2v) is 7.10. The zero-order valence-electron chi connectivity index (χ0n) is 15.9. The predicted octanol–water partition coefficient (Wildman–Crippen LogP) is 3.76. The SMILES string of the molecule is CC[C@H]1CCCCN1Cn1nc(COc2ccc(OC)cc2)n(C)c1=S. The molecule has 1 aliphatic heterocycles. The van der Waals surface area contributed by atoms with Gasteiger partial charge in [-0.05, 0) is 55.7 Å². The summed E-state index contributed by atoms with van der Waals surface area (Å²) in [5.41, 5.74) is 0. The first-order valence-corrected chi connectivity index (χ1v) is 9.66. The highest BCUT2D eigenvalue weighted by atomic mass is 32.1. The van der Waals surface area contributed by atoms with E-state index in [0.717, 1.165) is 35.3 Å². The minimum atomic E-state index is 0.386. The van der Waals surface area contributed by atoms with E-state index in [1.54, 1.807) is 7.11 Å². The number of benzene rings is 1. The Morgan fingerprint density at radius 1 is 1.19 bits per heavy atom. The van der Waals surface area contributed by atoms with Crippen molar-refractivity contribution in [3.63, 3.8) is 0 Å². The number of nitrogens with zero attached hydrogens (tertiary/aromatic N) is 4. The summed E-state index contributed by atoms with van der Waals surface area (Å²) in [6, 6.07) is 8.18. The minimum Gasteiger partial charge on any atom is -0.497 e. The van der Waals surface area contributed by atoms with Crippen LogP contribution < -0.4 is 9.47 Å². The minimum absolute atomic E-state index is 0.386. The second-order valence-electron chi connectivity index (χ2n) is 6.73. The van der Waals surface area contributed by atoms with Gasteiger partial charge >= 0.3 is 0 Å². The molecule has 0 aliphatic carbocycles. The number of piperidine rings is 1. The molecular formula is C19H28N4O2S. The lowest BCUT2D eigenvalue weighted by molar-refractivity contribution is 0.0999. The van der Waals surface area contributed by atoms with E-state index in [4.69, 9.17) is 26.8 Å². The molecule has 1 aromatic heterocycles. The van der Waals surface area contributed by atoms with Crippen LogP contribution in [0.25, 0.3) is 0 Å². The summed E-state index contributed by atoms with van der Waals surface area (Å²) in [6.07, 6.45) is 5.02. The van der Waals surface area contributed by atoms with Crippen molar-refractivity contribution in [2.24, 2.45) is 7.05 Å². The first-order chi connectivity index (χ1) is 12.6. The van der Waals surface area contributed by atoms with E-state index < -0.39 is 0 Å². The van der Waals surface area contributed by atoms with Crippen LogP contribution in [0.5, 0.6) is 11.5 Å². The summed E-state index contributed by atoms with van der Waals surface area (Å²) in [7, 11) is 3.60. The van der Waals surface area contributed by atoms with Crippen molar-refractivity contribution in [1.82, 2.24) is 19.2 Å². The first-order valence-electron chi connectivity index (χ1n) is 9.26. The maximum absolute atomic E-state index is 5.86. The Labute approximate surface area is 160 Å². The highest BCUT2D eigenvalue weighted by molar-refractivity contribution is 7.71. The number of hydrogen-bond donors (Lipinski definition) is 0. The third-order valence-electron chi connectivity index (χ3n) is 5.09. The second kappa shape index (κ2) is 8.68. The number of hydrogen-bond acceptors (Lipinski definition) is 5. The Bertz CT molecular complexity index is 769. The zero-order chi connectivity index (χ0) is 18.5. The molecule has 0 unspecified atom stereocenters. The van der Waals surface area contributed by atoms with E-state index in [0.29, 0.717) is 12.6 Å². The van der Waals surface area contributed by atoms with Crippen LogP contribution >= 0.6 is 12.2 Å². The molecule has 1 aromatic carbocycles. The fourth-order valence-corrected chi connectivity index (χ4v) is 3.65. The largest absolute Gasteiger partial charge is 0.497 e. The van der Waals surface area contributed by atoms with Gasteiger partial charge < -0.3 is 14.0 Å². The normalized spacial score (nSPS) is 18.0. The topological polar surface area (TPSA) is 44.5 Å². The number of aromatic nitrogens is 3. The fraction of sp³-hybridized carbons (Fsp3) is 0.579. The summed E-state index contributed by atoms with van der Waals surface area (Å²) in [6.45, 7) is 4.52. The summed E-state index contributed by atoms with van der Waals surface area (Å²) in [5, 5.41) is 4.71. The van der Waals surface area contributed by atoms with Crippen LogP contribution in [0, 0.1) is 4.77 Å². The third-order valence-corrected chi connectivity index (χ3v) is 5.58. The van der Waals surface area contributed by atoms with Crippen LogP contribution in [0.1, 0.15) is 38.4 Å². The van der Waals surface area contributed by atoms with Crippen molar-refractivity contribution >= 4 is 12.2 Å². The first kappa shape index (κ1) is 18.9. The van der Waals surface area contributed by atoms with E-state index in [9.17, 15) is 0 Å². The van der Waals surface area contributed by atoms with Crippen molar-refractivity contribution in [1.29, 1.82) is 0 Å². The molecule has 26 heavy (non-hydrogen) atoms. The molecular weight excluding hydrogens is 348 g/mol. The molecule has 2 aromatic rings. The number of rotatable bonds is 7. The summed E-state index contributed by atoms with van der Waals surface area (Å²) < 4.78 is 15.6. The molecule has 1 saturated heterocycles. The van der Waals surface area contributed by atoms with Gasteiger partial charge in [0.25, 0.3) is 0 Å². The van der Waals surface area contributed by atoms with Gasteiger partial charge in [0.05, 0.1) is 13.8 Å². The van der Waals surface area contributed by atoms with Crippen LogP contribution in [-0.2, 0) is 20.3 Å². The van der Waals surface area contributed by atoms with Crippen LogP contribution in [0.15, 0.2) is 24.3 Å². The lowest BCUT2D eigenvalue weighted by atomic mass is 10.0. The third kappa shape index (κ3) is 4.27. The van der Waals surface area contributed by atoms with Gasteiger partial charge in [0.2, 0.25) is 0 Å². The van der Waals surface area contributed by atoms with Gasteiger partial charge in [0, 0.05) is 19.6 Å². The van der Waals surface area contributed by atoms with Gasteiger partial charge in [-0.1, -0.05) is 13.3 Å². The fourth-order valence-electron chi connectivity index (χ4n) is 3.45. The Kier molecular flexibility index (Phi) is 6.32. The van der Waals surface area contributed by atoms with Gasteiger partial charge in [0.1, 0.15) is 18.1 Å². The number of likely N-dealkylation sites (tertiary alicyclic amines) is 1. The smallest absolute Gasteiger partial charge is 0.198 e. The van der Waals surface area contributed by atoms with Crippen molar-refractivity contribution in [3.8, 4) is 11.5 Å².